The van der Waals surface area contributed by atoms with Crippen molar-refractivity contribution in [1.29, 1.82) is 0 Å². The van der Waals surface area contributed by atoms with Crippen molar-refractivity contribution in [3.63, 3.8) is 0 Å². The molecule has 1 saturated heterocycles. The van der Waals surface area contributed by atoms with E-state index in [1.54, 1.807) is 0 Å². The SMILES string of the molecule is CN(C)C1CCCN(C(=O)C(=O)O)C1. The van der Waals surface area contributed by atoms with Crippen LogP contribution in [-0.2, 0) is 9.59 Å². The van der Waals surface area contributed by atoms with Gasteiger partial charge in [-0.25, -0.2) is 4.79 Å². The van der Waals surface area contributed by atoms with Crippen molar-refractivity contribution in [3.8, 4) is 0 Å². The fraction of sp³-hybridized carbons (Fsp3) is 0.778. The zero-order chi connectivity index (χ0) is 10.7. The van der Waals surface area contributed by atoms with E-state index in [2.05, 4.69) is 0 Å². The van der Waals surface area contributed by atoms with Crippen LogP contribution < -0.4 is 0 Å². The minimum Gasteiger partial charge on any atom is -0.474 e. The molecule has 1 atom stereocenters. The predicted octanol–water partition coefficient (Wildman–Crippen LogP) is -0.376. The number of likely N-dealkylation sites (N-methyl/N-ethyl adjacent to an activating group) is 1. The molecule has 0 aliphatic carbocycles. The summed E-state index contributed by atoms with van der Waals surface area (Å²) in [7, 11) is 3.89. The van der Waals surface area contributed by atoms with Crippen LogP contribution in [0.25, 0.3) is 0 Å². The van der Waals surface area contributed by atoms with Crippen molar-refractivity contribution in [2.45, 2.75) is 18.9 Å². The van der Waals surface area contributed by atoms with Crippen LogP contribution in [0.4, 0.5) is 0 Å². The van der Waals surface area contributed by atoms with E-state index >= 15 is 0 Å². The van der Waals surface area contributed by atoms with E-state index in [1.807, 2.05) is 19.0 Å². The molecule has 5 nitrogen and oxygen atoms in total. The van der Waals surface area contributed by atoms with Crippen LogP contribution in [0, 0.1) is 0 Å². The van der Waals surface area contributed by atoms with Crippen LogP contribution >= 0.6 is 0 Å². The van der Waals surface area contributed by atoms with Gasteiger partial charge in [-0.05, 0) is 26.9 Å². The second kappa shape index (κ2) is 4.41. The Kier molecular flexibility index (Phi) is 3.46. The molecule has 1 aliphatic rings. The van der Waals surface area contributed by atoms with E-state index < -0.39 is 11.9 Å². The van der Waals surface area contributed by atoms with Gasteiger partial charge in [0.15, 0.2) is 0 Å². The number of carboxylic acid groups (broad SMARTS) is 1. The standard InChI is InChI=1S/C9H16N2O3/c1-10(2)7-4-3-5-11(6-7)8(12)9(13)14/h7H,3-6H2,1-2H3,(H,13,14). The van der Waals surface area contributed by atoms with Gasteiger partial charge in [0, 0.05) is 19.1 Å². The van der Waals surface area contributed by atoms with Crippen LogP contribution in [0.15, 0.2) is 0 Å². The monoisotopic (exact) mass is 200 g/mol. The van der Waals surface area contributed by atoms with Crippen molar-refractivity contribution < 1.29 is 14.7 Å². The number of carbonyl (C=O) groups is 2. The fourth-order valence-electron chi connectivity index (χ4n) is 1.70. The Morgan fingerprint density at radius 3 is 2.57 bits per heavy atom. The summed E-state index contributed by atoms with van der Waals surface area (Å²) < 4.78 is 0. The average molecular weight is 200 g/mol. The summed E-state index contributed by atoms with van der Waals surface area (Å²) in [6.45, 7) is 1.09. The van der Waals surface area contributed by atoms with Gasteiger partial charge in [-0.15, -0.1) is 0 Å². The van der Waals surface area contributed by atoms with Gasteiger partial charge in [0.2, 0.25) is 0 Å². The third-order valence-electron chi connectivity index (χ3n) is 2.60. The van der Waals surface area contributed by atoms with Crippen molar-refractivity contribution in [2.24, 2.45) is 0 Å². The first kappa shape index (κ1) is 11.0. The van der Waals surface area contributed by atoms with Crippen LogP contribution in [0.2, 0.25) is 0 Å². The molecule has 14 heavy (non-hydrogen) atoms. The third-order valence-corrected chi connectivity index (χ3v) is 2.60. The highest BCUT2D eigenvalue weighted by Crippen LogP contribution is 2.13. The minimum atomic E-state index is -1.36. The molecule has 0 radical (unpaired) electrons. The van der Waals surface area contributed by atoms with E-state index in [1.165, 1.54) is 4.90 Å². The number of carbonyl (C=O) groups excluding carboxylic acids is 1. The van der Waals surface area contributed by atoms with E-state index in [9.17, 15) is 9.59 Å². The second-order valence-corrected chi connectivity index (χ2v) is 3.82. The number of nitrogens with zero attached hydrogens (tertiary/aromatic N) is 2. The number of likely N-dealkylation sites (tertiary alicyclic amines) is 1. The van der Waals surface area contributed by atoms with Crippen LogP contribution in [0.3, 0.4) is 0 Å². The number of hydrogen-bond donors (Lipinski definition) is 1. The molecule has 0 aromatic carbocycles. The molecule has 1 amide bonds. The summed E-state index contributed by atoms with van der Waals surface area (Å²) in [6, 6.07) is 0.284. The van der Waals surface area contributed by atoms with E-state index in [0.717, 1.165) is 12.8 Å². The zero-order valence-corrected chi connectivity index (χ0v) is 8.56. The number of aliphatic carboxylic acids is 1. The minimum absolute atomic E-state index is 0.284. The first-order chi connectivity index (χ1) is 6.52. The molecule has 0 spiro atoms. The Bertz CT molecular complexity index is 240. The van der Waals surface area contributed by atoms with Crippen LogP contribution in [0.5, 0.6) is 0 Å². The second-order valence-electron chi connectivity index (χ2n) is 3.82. The highest BCUT2D eigenvalue weighted by atomic mass is 16.4. The van der Waals surface area contributed by atoms with Gasteiger partial charge in [-0.3, -0.25) is 4.79 Å². The van der Waals surface area contributed by atoms with E-state index in [4.69, 9.17) is 5.11 Å². The Morgan fingerprint density at radius 1 is 1.43 bits per heavy atom. The van der Waals surface area contributed by atoms with Crippen molar-refractivity contribution >= 4 is 11.9 Å². The number of rotatable bonds is 1. The van der Waals surface area contributed by atoms with E-state index in [0.29, 0.717) is 13.1 Å². The lowest BCUT2D eigenvalue weighted by Crippen LogP contribution is -2.49. The van der Waals surface area contributed by atoms with Crippen LogP contribution in [0.1, 0.15) is 12.8 Å². The predicted molar refractivity (Wildman–Crippen MR) is 50.9 cm³/mol. The molecular weight excluding hydrogens is 184 g/mol. The van der Waals surface area contributed by atoms with Gasteiger partial charge in [-0.2, -0.15) is 0 Å². The molecular formula is C9H16N2O3. The summed E-state index contributed by atoms with van der Waals surface area (Å²) in [4.78, 5) is 25.1. The highest BCUT2D eigenvalue weighted by molar-refractivity contribution is 6.31. The first-order valence-electron chi connectivity index (χ1n) is 4.71. The van der Waals surface area contributed by atoms with Gasteiger partial charge < -0.3 is 14.9 Å². The summed E-state index contributed by atoms with van der Waals surface area (Å²) in [6.07, 6.45) is 1.90. The normalized spacial score (nSPS) is 22.5. The Hall–Kier alpha value is -1.10. The molecule has 1 unspecified atom stereocenters. The largest absolute Gasteiger partial charge is 0.474 e. The van der Waals surface area contributed by atoms with Gasteiger partial charge in [0.05, 0.1) is 0 Å². The van der Waals surface area contributed by atoms with Crippen molar-refractivity contribution in [2.75, 3.05) is 27.2 Å². The molecule has 5 heteroatoms. The first-order valence-corrected chi connectivity index (χ1v) is 4.71. The topological polar surface area (TPSA) is 60.9 Å². The molecule has 0 aromatic rings. The summed E-state index contributed by atoms with van der Waals surface area (Å²) in [5.41, 5.74) is 0. The van der Waals surface area contributed by atoms with Crippen molar-refractivity contribution in [1.82, 2.24) is 9.80 Å². The lowest BCUT2D eigenvalue weighted by atomic mass is 10.1. The molecule has 1 heterocycles. The molecule has 0 bridgehead atoms. The Labute approximate surface area is 83.3 Å². The Morgan fingerprint density at radius 2 is 2.07 bits per heavy atom. The Balaban J connectivity index is 2.56. The molecule has 1 fully saturated rings. The maximum absolute atomic E-state index is 11.2. The summed E-state index contributed by atoms with van der Waals surface area (Å²) in [5, 5.41) is 8.55. The molecule has 80 valence electrons. The number of amides is 1. The van der Waals surface area contributed by atoms with Crippen LogP contribution in [-0.4, -0.2) is 60.0 Å². The quantitative estimate of drug-likeness (QED) is 0.586. The smallest absolute Gasteiger partial charge is 0.394 e. The highest BCUT2D eigenvalue weighted by Gasteiger charge is 2.28. The molecule has 1 aliphatic heterocycles. The molecule has 0 aromatic heterocycles. The van der Waals surface area contributed by atoms with Crippen molar-refractivity contribution in [3.05, 3.63) is 0 Å². The summed E-state index contributed by atoms with van der Waals surface area (Å²) in [5.74, 6) is -2.14. The van der Waals surface area contributed by atoms with Gasteiger partial charge in [0.1, 0.15) is 0 Å². The summed E-state index contributed by atoms with van der Waals surface area (Å²) >= 11 is 0. The van der Waals surface area contributed by atoms with E-state index in [-0.39, 0.29) is 6.04 Å². The van der Waals surface area contributed by atoms with Gasteiger partial charge in [-0.1, -0.05) is 0 Å². The average Bonchev–Trinajstić information content (AvgIpc) is 2.16. The third kappa shape index (κ3) is 2.45. The number of carboxylic acids is 1. The maximum atomic E-state index is 11.2. The maximum Gasteiger partial charge on any atom is 0.394 e. The zero-order valence-electron chi connectivity index (χ0n) is 8.56. The number of hydrogen-bond acceptors (Lipinski definition) is 3. The number of piperidine rings is 1. The van der Waals surface area contributed by atoms with Gasteiger partial charge >= 0.3 is 11.9 Å². The molecule has 1 rings (SSSR count). The molecule has 0 saturated carbocycles. The lowest BCUT2D eigenvalue weighted by Gasteiger charge is -2.35. The lowest BCUT2D eigenvalue weighted by molar-refractivity contribution is -0.156. The fourth-order valence-corrected chi connectivity index (χ4v) is 1.70. The molecule has 1 N–H and O–H groups in total. The van der Waals surface area contributed by atoms with Gasteiger partial charge in [0.25, 0.3) is 0 Å².